The zero-order valence-electron chi connectivity index (χ0n) is 17.2. The molecule has 0 atom stereocenters. The van der Waals surface area contributed by atoms with E-state index in [4.69, 9.17) is 4.74 Å². The smallest absolute Gasteiger partial charge is 0.262 e. The van der Waals surface area contributed by atoms with Gasteiger partial charge in [0.1, 0.15) is 0 Å². The molecule has 1 aliphatic heterocycles. The molecule has 150 valence electrons. The maximum Gasteiger partial charge on any atom is 0.262 e. The van der Waals surface area contributed by atoms with Crippen molar-refractivity contribution in [3.8, 4) is 5.88 Å². The molecule has 0 saturated carbocycles. The number of rotatable bonds is 6. The first-order chi connectivity index (χ1) is 13.4. The minimum absolute atomic E-state index is 0.0845. The Bertz CT molecular complexity index is 797. The monoisotopic (exact) mass is 382 g/mol. The van der Waals surface area contributed by atoms with Crippen molar-refractivity contribution in [2.45, 2.75) is 46.5 Å². The highest BCUT2D eigenvalue weighted by Gasteiger charge is 2.19. The van der Waals surface area contributed by atoms with E-state index in [0.717, 1.165) is 43.2 Å². The molecule has 1 aliphatic rings. The van der Waals surface area contributed by atoms with E-state index >= 15 is 0 Å². The second kappa shape index (κ2) is 9.04. The summed E-state index contributed by atoms with van der Waals surface area (Å²) in [6.45, 7) is 10.3. The van der Waals surface area contributed by atoms with Crippen LogP contribution >= 0.6 is 0 Å². The summed E-state index contributed by atoms with van der Waals surface area (Å²) in [6.07, 6.45) is 2.29. The minimum atomic E-state index is -0.207. The number of aryl methyl sites for hydroxylation is 1. The van der Waals surface area contributed by atoms with Crippen LogP contribution in [-0.4, -0.2) is 35.6 Å². The van der Waals surface area contributed by atoms with Crippen molar-refractivity contribution in [2.24, 2.45) is 5.92 Å². The van der Waals surface area contributed by atoms with Crippen molar-refractivity contribution in [3.63, 3.8) is 0 Å². The van der Waals surface area contributed by atoms with Crippen LogP contribution in [0, 0.1) is 12.8 Å². The lowest BCUT2D eigenvalue weighted by atomic mass is 10.00. The number of amides is 1. The first-order valence-corrected chi connectivity index (χ1v) is 10.0. The lowest BCUT2D eigenvalue weighted by Gasteiger charge is -2.30. The Kier molecular flexibility index (Phi) is 6.49. The largest absolute Gasteiger partial charge is 0.467 e. The molecule has 1 aromatic carbocycles. The number of benzene rings is 1. The number of ether oxygens (including phenoxy) is 1. The molecule has 1 aromatic heterocycles. The predicted molar refractivity (Wildman–Crippen MR) is 112 cm³/mol. The summed E-state index contributed by atoms with van der Waals surface area (Å²) in [7, 11) is 0. The number of hydrogen-bond donors (Lipinski definition) is 1. The van der Waals surface area contributed by atoms with Crippen LogP contribution in [-0.2, 0) is 4.79 Å². The average molecular weight is 383 g/mol. The third-order valence-corrected chi connectivity index (χ3v) is 5.10. The van der Waals surface area contributed by atoms with E-state index in [1.807, 2.05) is 31.2 Å². The molecule has 28 heavy (non-hydrogen) atoms. The molecule has 6 nitrogen and oxygen atoms in total. The van der Waals surface area contributed by atoms with Crippen LogP contribution in [0.1, 0.15) is 50.8 Å². The molecule has 1 N–H and O–H groups in total. The van der Waals surface area contributed by atoms with Crippen LogP contribution in [0.3, 0.4) is 0 Å². The van der Waals surface area contributed by atoms with E-state index in [1.54, 1.807) is 6.07 Å². The second-order valence-electron chi connectivity index (χ2n) is 7.93. The molecule has 0 aliphatic carbocycles. The van der Waals surface area contributed by atoms with Gasteiger partial charge in [0.25, 0.3) is 5.91 Å². The van der Waals surface area contributed by atoms with Crippen LogP contribution in [0.5, 0.6) is 5.88 Å². The topological polar surface area (TPSA) is 67.3 Å². The van der Waals surface area contributed by atoms with Crippen LogP contribution in [0.25, 0.3) is 0 Å². The van der Waals surface area contributed by atoms with Gasteiger partial charge in [0.2, 0.25) is 11.8 Å². The van der Waals surface area contributed by atoms with Gasteiger partial charge in [0.15, 0.2) is 6.61 Å². The van der Waals surface area contributed by atoms with Gasteiger partial charge in [-0.25, -0.2) is 4.98 Å². The molecule has 0 radical (unpaired) electrons. The summed E-state index contributed by atoms with van der Waals surface area (Å²) in [5.74, 6) is 2.13. The molecule has 2 aromatic rings. The summed E-state index contributed by atoms with van der Waals surface area (Å²) < 4.78 is 5.65. The number of carbonyl (C=O) groups excluding carboxylic acids is 1. The van der Waals surface area contributed by atoms with Crippen molar-refractivity contribution in [3.05, 3.63) is 41.6 Å². The predicted octanol–water partition coefficient (Wildman–Crippen LogP) is 4.16. The molecular formula is C22H30N4O2. The van der Waals surface area contributed by atoms with Gasteiger partial charge in [-0.15, -0.1) is 0 Å². The van der Waals surface area contributed by atoms with E-state index in [-0.39, 0.29) is 12.5 Å². The highest BCUT2D eigenvalue weighted by molar-refractivity contribution is 5.91. The quantitative estimate of drug-likeness (QED) is 0.812. The zero-order chi connectivity index (χ0) is 20.1. The lowest BCUT2D eigenvalue weighted by Crippen LogP contribution is -2.34. The summed E-state index contributed by atoms with van der Waals surface area (Å²) in [6, 6.07) is 9.65. The van der Waals surface area contributed by atoms with E-state index in [9.17, 15) is 4.79 Å². The maximum atomic E-state index is 12.2. The van der Waals surface area contributed by atoms with E-state index in [0.29, 0.717) is 17.7 Å². The van der Waals surface area contributed by atoms with E-state index < -0.39 is 0 Å². The number of nitrogens with one attached hydrogen (secondary N) is 1. The maximum absolute atomic E-state index is 12.2. The van der Waals surface area contributed by atoms with Gasteiger partial charge >= 0.3 is 0 Å². The van der Waals surface area contributed by atoms with Crippen molar-refractivity contribution < 1.29 is 9.53 Å². The van der Waals surface area contributed by atoms with Gasteiger partial charge < -0.3 is 15.0 Å². The number of anilines is 2. The molecule has 0 spiro atoms. The SMILES string of the molecule is Cc1cc(OCC(=O)Nc2ccc(C(C)C)cc2)nc(N2CCC(C)CC2)n1. The van der Waals surface area contributed by atoms with Gasteiger partial charge in [-0.1, -0.05) is 32.9 Å². The van der Waals surface area contributed by atoms with Crippen molar-refractivity contribution in [2.75, 3.05) is 29.9 Å². The first-order valence-electron chi connectivity index (χ1n) is 10.0. The van der Waals surface area contributed by atoms with Crippen LogP contribution < -0.4 is 15.0 Å². The number of aromatic nitrogens is 2. The average Bonchev–Trinajstić information content (AvgIpc) is 2.67. The fourth-order valence-electron chi connectivity index (χ4n) is 3.24. The number of piperidine rings is 1. The summed E-state index contributed by atoms with van der Waals surface area (Å²) in [5.41, 5.74) is 2.84. The van der Waals surface area contributed by atoms with Crippen molar-refractivity contribution in [1.82, 2.24) is 9.97 Å². The molecule has 6 heteroatoms. The lowest BCUT2D eigenvalue weighted by molar-refractivity contribution is -0.118. The molecule has 1 fully saturated rings. The molecular weight excluding hydrogens is 352 g/mol. The fraction of sp³-hybridized carbons (Fsp3) is 0.500. The number of hydrogen-bond acceptors (Lipinski definition) is 5. The Hall–Kier alpha value is -2.63. The Morgan fingerprint density at radius 1 is 1.21 bits per heavy atom. The minimum Gasteiger partial charge on any atom is -0.467 e. The molecule has 3 rings (SSSR count). The number of nitrogens with zero attached hydrogens (tertiary/aromatic N) is 3. The summed E-state index contributed by atoms with van der Waals surface area (Å²) in [4.78, 5) is 23.5. The fourth-order valence-corrected chi connectivity index (χ4v) is 3.24. The third-order valence-electron chi connectivity index (χ3n) is 5.10. The number of carbonyl (C=O) groups is 1. The summed E-state index contributed by atoms with van der Waals surface area (Å²) in [5, 5.41) is 2.86. The Labute approximate surface area is 167 Å². The molecule has 0 unspecified atom stereocenters. The zero-order valence-corrected chi connectivity index (χ0v) is 17.2. The van der Waals surface area contributed by atoms with Crippen LogP contribution in [0.4, 0.5) is 11.6 Å². The van der Waals surface area contributed by atoms with E-state index in [2.05, 4.69) is 41.0 Å². The van der Waals surface area contributed by atoms with Gasteiger partial charge in [0.05, 0.1) is 0 Å². The van der Waals surface area contributed by atoms with Gasteiger partial charge in [0, 0.05) is 30.5 Å². The van der Waals surface area contributed by atoms with Crippen molar-refractivity contribution >= 4 is 17.5 Å². The standard InChI is InChI=1S/C22H30N4O2/c1-15(2)18-5-7-19(8-6-18)24-20(27)14-28-21-13-17(4)23-22(25-21)26-11-9-16(3)10-12-26/h5-8,13,15-16H,9-12,14H2,1-4H3,(H,24,27). The van der Waals surface area contributed by atoms with Gasteiger partial charge in [-0.3, -0.25) is 4.79 Å². The highest BCUT2D eigenvalue weighted by Crippen LogP contribution is 2.22. The van der Waals surface area contributed by atoms with Gasteiger partial charge in [-0.2, -0.15) is 4.98 Å². The molecule has 0 bridgehead atoms. The van der Waals surface area contributed by atoms with Gasteiger partial charge in [-0.05, 0) is 49.3 Å². The third kappa shape index (κ3) is 5.44. The second-order valence-corrected chi connectivity index (χ2v) is 7.93. The first kappa shape index (κ1) is 20.1. The molecule has 1 amide bonds. The Morgan fingerprint density at radius 2 is 1.89 bits per heavy atom. The Morgan fingerprint density at radius 3 is 2.54 bits per heavy atom. The normalized spacial score (nSPS) is 15.0. The van der Waals surface area contributed by atoms with Crippen LogP contribution in [0.15, 0.2) is 30.3 Å². The Balaban J connectivity index is 1.57. The molecule has 2 heterocycles. The van der Waals surface area contributed by atoms with E-state index in [1.165, 1.54) is 5.56 Å². The molecule has 1 saturated heterocycles. The highest BCUT2D eigenvalue weighted by atomic mass is 16.5. The summed E-state index contributed by atoms with van der Waals surface area (Å²) >= 11 is 0. The van der Waals surface area contributed by atoms with Crippen LogP contribution in [0.2, 0.25) is 0 Å². The van der Waals surface area contributed by atoms with Crippen molar-refractivity contribution in [1.29, 1.82) is 0 Å².